The standard InChI is InChI=1S/C16H33N/c1-3-5-6-7-8-11-16(12-9-10-13-16)15-17-14-4-2/h17H,3-15H2,1-2H3. The third-order valence-corrected chi connectivity index (χ3v) is 4.40. The second-order valence-electron chi connectivity index (χ2n) is 6.05. The summed E-state index contributed by atoms with van der Waals surface area (Å²) in [5.74, 6) is 0. The van der Waals surface area contributed by atoms with Crippen molar-refractivity contribution in [2.75, 3.05) is 13.1 Å². The largest absolute Gasteiger partial charge is 0.316 e. The zero-order valence-electron chi connectivity index (χ0n) is 12.2. The minimum atomic E-state index is 0.682. The van der Waals surface area contributed by atoms with E-state index in [9.17, 15) is 0 Å². The molecule has 0 aromatic carbocycles. The van der Waals surface area contributed by atoms with Crippen molar-refractivity contribution in [1.29, 1.82) is 0 Å². The van der Waals surface area contributed by atoms with Gasteiger partial charge in [0.1, 0.15) is 0 Å². The third-order valence-electron chi connectivity index (χ3n) is 4.40. The van der Waals surface area contributed by atoms with Crippen LogP contribution < -0.4 is 5.32 Å². The first-order chi connectivity index (χ1) is 8.33. The molecule has 1 saturated carbocycles. The lowest BCUT2D eigenvalue weighted by atomic mass is 9.80. The number of rotatable bonds is 10. The topological polar surface area (TPSA) is 12.0 Å². The predicted octanol–water partition coefficient (Wildman–Crippen LogP) is 4.91. The van der Waals surface area contributed by atoms with Crippen LogP contribution in [0.3, 0.4) is 0 Å². The molecule has 102 valence electrons. The molecule has 0 amide bonds. The van der Waals surface area contributed by atoms with Crippen molar-refractivity contribution in [3.05, 3.63) is 0 Å². The van der Waals surface area contributed by atoms with Crippen LogP contribution in [-0.4, -0.2) is 13.1 Å². The molecular weight excluding hydrogens is 206 g/mol. The van der Waals surface area contributed by atoms with E-state index in [1.807, 2.05) is 0 Å². The molecule has 0 aromatic heterocycles. The van der Waals surface area contributed by atoms with Crippen molar-refractivity contribution in [3.8, 4) is 0 Å². The Morgan fingerprint density at radius 3 is 2.24 bits per heavy atom. The molecule has 0 aromatic rings. The highest BCUT2D eigenvalue weighted by Crippen LogP contribution is 2.41. The normalized spacial score (nSPS) is 18.7. The molecule has 0 unspecified atom stereocenters. The van der Waals surface area contributed by atoms with E-state index in [1.54, 1.807) is 0 Å². The molecular formula is C16H33N. The smallest absolute Gasteiger partial charge is 0.000780 e. The van der Waals surface area contributed by atoms with E-state index < -0.39 is 0 Å². The van der Waals surface area contributed by atoms with E-state index in [1.165, 1.54) is 83.7 Å². The number of nitrogens with one attached hydrogen (secondary N) is 1. The second kappa shape index (κ2) is 8.97. The lowest BCUT2D eigenvalue weighted by Gasteiger charge is -2.29. The summed E-state index contributed by atoms with van der Waals surface area (Å²) in [6.45, 7) is 7.05. The number of hydrogen-bond donors (Lipinski definition) is 1. The van der Waals surface area contributed by atoms with Crippen LogP contribution in [0.1, 0.15) is 84.5 Å². The van der Waals surface area contributed by atoms with Gasteiger partial charge in [-0.1, -0.05) is 58.8 Å². The molecule has 0 atom stereocenters. The SMILES string of the molecule is CCCCCCCC1(CNCCC)CCCC1. The second-order valence-corrected chi connectivity index (χ2v) is 6.05. The Morgan fingerprint density at radius 2 is 1.59 bits per heavy atom. The van der Waals surface area contributed by atoms with Gasteiger partial charge < -0.3 is 5.32 Å². The zero-order valence-corrected chi connectivity index (χ0v) is 12.2. The third kappa shape index (κ3) is 5.90. The maximum atomic E-state index is 3.67. The summed E-state index contributed by atoms with van der Waals surface area (Å²) >= 11 is 0. The van der Waals surface area contributed by atoms with E-state index in [0.29, 0.717) is 5.41 Å². The lowest BCUT2D eigenvalue weighted by molar-refractivity contribution is 0.248. The summed E-state index contributed by atoms with van der Waals surface area (Å²) in [7, 11) is 0. The summed E-state index contributed by atoms with van der Waals surface area (Å²) < 4.78 is 0. The van der Waals surface area contributed by atoms with Crippen molar-refractivity contribution in [2.45, 2.75) is 84.5 Å². The highest BCUT2D eigenvalue weighted by molar-refractivity contribution is 4.86. The zero-order chi connectivity index (χ0) is 12.4. The fourth-order valence-electron chi connectivity index (χ4n) is 3.27. The molecule has 0 heterocycles. The van der Waals surface area contributed by atoms with Gasteiger partial charge in [-0.15, -0.1) is 0 Å². The fourth-order valence-corrected chi connectivity index (χ4v) is 3.27. The van der Waals surface area contributed by atoms with Gasteiger partial charge in [0.05, 0.1) is 0 Å². The summed E-state index contributed by atoms with van der Waals surface area (Å²) in [4.78, 5) is 0. The summed E-state index contributed by atoms with van der Waals surface area (Å²) in [6, 6.07) is 0. The average molecular weight is 239 g/mol. The minimum absolute atomic E-state index is 0.682. The quantitative estimate of drug-likeness (QED) is 0.534. The van der Waals surface area contributed by atoms with E-state index in [0.717, 1.165) is 0 Å². The molecule has 0 radical (unpaired) electrons. The van der Waals surface area contributed by atoms with E-state index in [-0.39, 0.29) is 0 Å². The molecule has 1 heteroatoms. The van der Waals surface area contributed by atoms with E-state index >= 15 is 0 Å². The Kier molecular flexibility index (Phi) is 7.92. The first-order valence-corrected chi connectivity index (χ1v) is 8.04. The summed E-state index contributed by atoms with van der Waals surface area (Å²) in [5.41, 5.74) is 0.682. The lowest BCUT2D eigenvalue weighted by Crippen LogP contribution is -2.32. The molecule has 1 N–H and O–H groups in total. The molecule has 17 heavy (non-hydrogen) atoms. The first kappa shape index (κ1) is 15.0. The molecule has 1 aliphatic rings. The van der Waals surface area contributed by atoms with Gasteiger partial charge in [-0.2, -0.15) is 0 Å². The molecule has 1 nitrogen and oxygen atoms in total. The van der Waals surface area contributed by atoms with Gasteiger partial charge in [-0.3, -0.25) is 0 Å². The van der Waals surface area contributed by atoms with Crippen LogP contribution in [0, 0.1) is 5.41 Å². The minimum Gasteiger partial charge on any atom is -0.316 e. The van der Waals surface area contributed by atoms with Gasteiger partial charge in [0.15, 0.2) is 0 Å². The Morgan fingerprint density at radius 1 is 0.882 bits per heavy atom. The van der Waals surface area contributed by atoms with Crippen LogP contribution >= 0.6 is 0 Å². The highest BCUT2D eigenvalue weighted by atomic mass is 14.9. The fraction of sp³-hybridized carbons (Fsp3) is 1.00. The van der Waals surface area contributed by atoms with Crippen molar-refractivity contribution < 1.29 is 0 Å². The predicted molar refractivity (Wildman–Crippen MR) is 77.4 cm³/mol. The van der Waals surface area contributed by atoms with Crippen molar-refractivity contribution in [3.63, 3.8) is 0 Å². The Hall–Kier alpha value is -0.0400. The first-order valence-electron chi connectivity index (χ1n) is 8.04. The van der Waals surface area contributed by atoms with Crippen LogP contribution in [0.15, 0.2) is 0 Å². The van der Waals surface area contributed by atoms with Crippen molar-refractivity contribution in [1.82, 2.24) is 5.32 Å². The molecule has 0 bridgehead atoms. The Bertz CT molecular complexity index is 170. The van der Waals surface area contributed by atoms with Gasteiger partial charge in [0.25, 0.3) is 0 Å². The van der Waals surface area contributed by atoms with Crippen LogP contribution in [0.5, 0.6) is 0 Å². The van der Waals surface area contributed by atoms with Crippen molar-refractivity contribution >= 4 is 0 Å². The summed E-state index contributed by atoms with van der Waals surface area (Å²) in [6.07, 6.45) is 15.8. The van der Waals surface area contributed by atoms with E-state index in [4.69, 9.17) is 0 Å². The van der Waals surface area contributed by atoms with Crippen LogP contribution in [-0.2, 0) is 0 Å². The monoisotopic (exact) mass is 239 g/mol. The van der Waals surface area contributed by atoms with E-state index in [2.05, 4.69) is 19.2 Å². The van der Waals surface area contributed by atoms with Crippen LogP contribution in [0.25, 0.3) is 0 Å². The number of hydrogen-bond acceptors (Lipinski definition) is 1. The molecule has 1 fully saturated rings. The average Bonchev–Trinajstić information content (AvgIpc) is 2.79. The Balaban J connectivity index is 2.17. The van der Waals surface area contributed by atoms with Crippen molar-refractivity contribution in [2.24, 2.45) is 5.41 Å². The van der Waals surface area contributed by atoms with Gasteiger partial charge in [0, 0.05) is 6.54 Å². The van der Waals surface area contributed by atoms with Crippen LogP contribution in [0.4, 0.5) is 0 Å². The highest BCUT2D eigenvalue weighted by Gasteiger charge is 2.32. The molecule has 0 aliphatic heterocycles. The van der Waals surface area contributed by atoms with Gasteiger partial charge in [-0.25, -0.2) is 0 Å². The van der Waals surface area contributed by atoms with Gasteiger partial charge in [0.2, 0.25) is 0 Å². The Labute approximate surface area is 109 Å². The molecule has 1 aliphatic carbocycles. The van der Waals surface area contributed by atoms with Gasteiger partial charge >= 0.3 is 0 Å². The molecule has 0 spiro atoms. The summed E-state index contributed by atoms with van der Waals surface area (Å²) in [5, 5.41) is 3.67. The molecule has 1 rings (SSSR count). The van der Waals surface area contributed by atoms with Gasteiger partial charge in [-0.05, 0) is 37.6 Å². The maximum absolute atomic E-state index is 3.67. The maximum Gasteiger partial charge on any atom is 0.000780 e. The van der Waals surface area contributed by atoms with Crippen LogP contribution in [0.2, 0.25) is 0 Å². The molecule has 0 saturated heterocycles. The number of unbranched alkanes of at least 4 members (excludes halogenated alkanes) is 4.